The fourth-order valence-electron chi connectivity index (χ4n) is 0.819. The van der Waals surface area contributed by atoms with Crippen LogP contribution in [0, 0.1) is 6.17 Å². The zero-order valence-electron chi connectivity index (χ0n) is 9.02. The Labute approximate surface area is 123 Å². The Balaban J connectivity index is 0. The average molecular weight is 310 g/mol. The number of rotatable bonds is 0. The van der Waals surface area contributed by atoms with Gasteiger partial charge in [-0.1, -0.05) is 0 Å². The minimum Gasteiger partial charge on any atom is -0.402 e. The van der Waals surface area contributed by atoms with E-state index in [0.717, 1.165) is 0 Å². The Bertz CT molecular complexity index is 308. The molecule has 1 unspecified atom stereocenters. The predicted octanol–water partition coefficient (Wildman–Crippen LogP) is -1.79. The zero-order valence-corrected chi connectivity index (χ0v) is 11.0. The van der Waals surface area contributed by atoms with Gasteiger partial charge in [0.05, 0.1) is 6.17 Å². The Morgan fingerprint density at radius 1 is 1.05 bits per heavy atom. The molecule has 0 amide bonds. The van der Waals surface area contributed by atoms with E-state index in [0.29, 0.717) is 0 Å². The summed E-state index contributed by atoms with van der Waals surface area (Å²) in [5.74, 6) is -17.1. The molecule has 13 heteroatoms. The van der Waals surface area contributed by atoms with Gasteiger partial charge in [-0.05, 0) is 0 Å². The monoisotopic (exact) mass is 310 g/mol. The summed E-state index contributed by atoms with van der Waals surface area (Å²) >= 11 is 0. The quantitative estimate of drug-likeness (QED) is 0.281. The first-order valence-electron chi connectivity index (χ1n) is 3.89. The van der Waals surface area contributed by atoms with E-state index in [1.165, 1.54) is 0 Å². The van der Waals surface area contributed by atoms with Gasteiger partial charge in [0, 0.05) is 11.7 Å². The third-order valence-corrected chi connectivity index (χ3v) is 1.64. The van der Waals surface area contributed by atoms with Gasteiger partial charge in [-0.25, -0.2) is 13.2 Å². The maximum Gasteiger partial charge on any atom is 1.00 e. The molecule has 1 aliphatic carbocycles. The Morgan fingerprint density at radius 3 is 1.68 bits per heavy atom. The molecule has 0 radical (unpaired) electrons. The molecule has 3 nitrogen and oxygen atoms in total. The molecule has 0 heterocycles. The molecule has 1 atom stereocenters. The second-order valence-electron chi connectivity index (χ2n) is 2.88. The van der Waals surface area contributed by atoms with E-state index in [1.807, 2.05) is 0 Å². The molecule has 1 rings (SSSR count). The number of hydrogen-bond donors (Lipinski definition) is 3. The fraction of sp³-hybridized carbons (Fsp3) is 0.500. The first-order chi connectivity index (χ1) is 7.87. The number of hydrogen-bond acceptors (Lipinski definition) is 3. The SMILES string of the molecule is FC1=C(F)C(F)C(F)(F)C(F)(F)[C-]1F.OB(O)O.[Na+]. The largest absolute Gasteiger partial charge is 1.00 e. The minimum absolute atomic E-state index is 0. The van der Waals surface area contributed by atoms with Crippen LogP contribution in [0.1, 0.15) is 0 Å². The van der Waals surface area contributed by atoms with Crippen molar-refractivity contribution in [1.29, 1.82) is 0 Å². The zero-order chi connectivity index (χ0) is 14.9. The van der Waals surface area contributed by atoms with E-state index in [2.05, 4.69) is 0 Å². The number of halogens is 8. The minimum atomic E-state index is -5.67. The van der Waals surface area contributed by atoms with E-state index in [-0.39, 0.29) is 29.6 Å². The van der Waals surface area contributed by atoms with Crippen molar-refractivity contribution >= 4 is 7.32 Å². The van der Waals surface area contributed by atoms with Crippen LogP contribution in [0.4, 0.5) is 35.1 Å². The molecule has 106 valence electrons. The Kier molecular flexibility index (Phi) is 7.99. The predicted molar refractivity (Wildman–Crippen MR) is 40.8 cm³/mol. The molecule has 19 heavy (non-hydrogen) atoms. The van der Waals surface area contributed by atoms with Crippen molar-refractivity contribution in [3.63, 3.8) is 0 Å². The van der Waals surface area contributed by atoms with Crippen LogP contribution < -0.4 is 29.6 Å². The molecule has 3 N–H and O–H groups in total. The van der Waals surface area contributed by atoms with Crippen molar-refractivity contribution in [3.05, 3.63) is 17.8 Å². The third-order valence-electron chi connectivity index (χ3n) is 1.64. The summed E-state index contributed by atoms with van der Waals surface area (Å²) in [6.07, 6.45) is -7.48. The second-order valence-corrected chi connectivity index (χ2v) is 2.88. The van der Waals surface area contributed by atoms with Gasteiger partial charge in [-0.3, -0.25) is 4.39 Å². The van der Waals surface area contributed by atoms with Gasteiger partial charge in [-0.2, -0.15) is 8.78 Å². The van der Waals surface area contributed by atoms with Crippen molar-refractivity contribution in [1.82, 2.24) is 0 Å². The molecule has 0 fully saturated rings. The van der Waals surface area contributed by atoms with Crippen LogP contribution in [0.3, 0.4) is 0 Å². The summed E-state index contributed by atoms with van der Waals surface area (Å²) in [7, 11) is -2.17. The molecule has 0 aliphatic heterocycles. The van der Waals surface area contributed by atoms with E-state index >= 15 is 0 Å². The van der Waals surface area contributed by atoms with Crippen LogP contribution in [0.5, 0.6) is 0 Å². The second kappa shape index (κ2) is 7.13. The molecule has 0 bridgehead atoms. The summed E-state index contributed by atoms with van der Waals surface area (Å²) in [4.78, 5) is 0. The van der Waals surface area contributed by atoms with Gasteiger partial charge >= 0.3 is 48.7 Å². The van der Waals surface area contributed by atoms with Crippen LogP contribution >= 0.6 is 0 Å². The van der Waals surface area contributed by atoms with E-state index < -0.39 is 43.2 Å². The molecule has 0 aromatic heterocycles. The van der Waals surface area contributed by atoms with Crippen molar-refractivity contribution in [3.8, 4) is 0 Å². The molecule has 1 aliphatic rings. The van der Waals surface area contributed by atoms with Gasteiger partial charge in [0.1, 0.15) is 0 Å². The average Bonchev–Trinajstić information content (AvgIpc) is 2.22. The summed E-state index contributed by atoms with van der Waals surface area (Å²) in [5, 5.41) is 21.5. The molecular weight excluding hydrogens is 306 g/mol. The number of alkyl halides is 5. The van der Waals surface area contributed by atoms with Gasteiger partial charge in [0.15, 0.2) is 6.17 Å². The van der Waals surface area contributed by atoms with Crippen molar-refractivity contribution < 1.29 is 79.8 Å². The Hall–Kier alpha value is -0.00506. The number of allylic oxidation sites excluding steroid dienone is 2. The van der Waals surface area contributed by atoms with Crippen LogP contribution in [0.2, 0.25) is 0 Å². The molecule has 0 saturated carbocycles. The Morgan fingerprint density at radius 2 is 1.37 bits per heavy atom. The maximum atomic E-state index is 12.2. The summed E-state index contributed by atoms with van der Waals surface area (Å²) in [6.45, 7) is 0. The first-order valence-corrected chi connectivity index (χ1v) is 3.89. The van der Waals surface area contributed by atoms with Gasteiger partial charge in [-0.15, -0.1) is 0 Å². The standard InChI is InChI=1S/C6HF8.BH3O3.Na/c7-1-2(8)4(10)6(13,14)5(11,12)3(1)9;2-1(3)4;/h3H;2-4H;/q-1;;+1. The molecule has 0 aromatic rings. The van der Waals surface area contributed by atoms with Crippen LogP contribution in [0.25, 0.3) is 0 Å². The maximum absolute atomic E-state index is 12.2. The topological polar surface area (TPSA) is 60.7 Å². The third kappa shape index (κ3) is 4.23. The summed E-state index contributed by atoms with van der Waals surface area (Å²) in [6, 6.07) is 0. The van der Waals surface area contributed by atoms with Crippen molar-refractivity contribution in [2.45, 2.75) is 18.0 Å². The van der Waals surface area contributed by atoms with Gasteiger partial charge < -0.3 is 23.9 Å². The van der Waals surface area contributed by atoms with E-state index in [4.69, 9.17) is 15.1 Å². The smallest absolute Gasteiger partial charge is 0.402 e. The van der Waals surface area contributed by atoms with E-state index in [9.17, 15) is 35.1 Å². The molecule has 0 aromatic carbocycles. The molecular formula is C6H4BF8NaO3. The van der Waals surface area contributed by atoms with Crippen LogP contribution in [-0.4, -0.2) is 40.4 Å². The van der Waals surface area contributed by atoms with Crippen molar-refractivity contribution in [2.75, 3.05) is 0 Å². The van der Waals surface area contributed by atoms with E-state index in [1.54, 1.807) is 0 Å². The first kappa shape index (κ1) is 21.3. The summed E-state index contributed by atoms with van der Waals surface area (Å²) in [5.41, 5.74) is 0. The van der Waals surface area contributed by atoms with Crippen LogP contribution in [-0.2, 0) is 0 Å². The fourth-order valence-corrected chi connectivity index (χ4v) is 0.819. The normalized spacial score (nSPS) is 24.2. The van der Waals surface area contributed by atoms with Gasteiger partial charge in [0.25, 0.3) is 0 Å². The van der Waals surface area contributed by atoms with Gasteiger partial charge in [0.2, 0.25) is 0 Å². The molecule has 0 spiro atoms. The summed E-state index contributed by atoms with van der Waals surface area (Å²) < 4.78 is 97.4. The molecule has 0 saturated heterocycles. The van der Waals surface area contributed by atoms with Crippen LogP contribution in [0.15, 0.2) is 11.7 Å². The van der Waals surface area contributed by atoms with Crippen molar-refractivity contribution in [2.24, 2.45) is 0 Å².